The molecule has 0 saturated heterocycles. The molecule has 8 nitrogen and oxygen atoms in total. The van der Waals surface area contributed by atoms with Gasteiger partial charge in [-0.1, -0.05) is 11.6 Å². The summed E-state index contributed by atoms with van der Waals surface area (Å²) < 4.78 is 39.3. The van der Waals surface area contributed by atoms with E-state index in [9.17, 15) is 22.8 Å². The molecule has 3 aromatic rings. The van der Waals surface area contributed by atoms with E-state index >= 15 is 0 Å². The molecule has 3 heterocycles. The van der Waals surface area contributed by atoms with Crippen LogP contribution in [-0.4, -0.2) is 31.8 Å². The second-order valence-electron chi connectivity index (χ2n) is 5.98. The maximum atomic E-state index is 13.0. The summed E-state index contributed by atoms with van der Waals surface area (Å²) in [5.41, 5.74) is -0.984. The van der Waals surface area contributed by atoms with Crippen molar-refractivity contribution in [3.63, 3.8) is 0 Å². The van der Waals surface area contributed by atoms with Crippen molar-refractivity contribution in [1.82, 2.24) is 25.3 Å². The molecule has 0 aliphatic carbocycles. The Morgan fingerprint density at radius 2 is 1.90 bits per heavy atom. The van der Waals surface area contributed by atoms with Crippen molar-refractivity contribution in [3.8, 4) is 0 Å². The van der Waals surface area contributed by atoms with Crippen LogP contribution in [0.25, 0.3) is 0 Å². The van der Waals surface area contributed by atoms with Gasteiger partial charge in [0.1, 0.15) is 27.7 Å². The van der Waals surface area contributed by atoms with E-state index in [1.165, 1.54) is 18.7 Å². The van der Waals surface area contributed by atoms with Crippen molar-refractivity contribution in [2.45, 2.75) is 19.1 Å². The number of carbonyl (C=O) groups excluding carboxylic acids is 2. The van der Waals surface area contributed by atoms with Gasteiger partial charge >= 0.3 is 6.18 Å². The summed E-state index contributed by atoms with van der Waals surface area (Å²) in [7, 11) is 0. The topological polar surface area (TPSA) is 110 Å². The van der Waals surface area contributed by atoms with Gasteiger partial charge in [0, 0.05) is 12.4 Å². The Hall–Kier alpha value is -2.64. The van der Waals surface area contributed by atoms with Gasteiger partial charge in [0.25, 0.3) is 11.8 Å². The number of pyridine rings is 1. The largest absolute Gasteiger partial charge is 0.418 e. The van der Waals surface area contributed by atoms with Crippen molar-refractivity contribution in [1.29, 1.82) is 0 Å². The number of aromatic nitrogens is 4. The standard InChI is InChI=1S/C17H11BrClF3N6O2S/c1-7(27-15(30)13-9(18)3-23-6-26-13)16-25-5-11(31-16)14(29)28-12-2-8(17(20,21)22)10(19)4-24-12/h2-7H,1H3,(H,27,30)(H,24,28,29). The number of amides is 2. The Bertz CT molecular complexity index is 1140. The first-order valence-electron chi connectivity index (χ1n) is 8.32. The van der Waals surface area contributed by atoms with Crippen molar-refractivity contribution in [2.24, 2.45) is 0 Å². The van der Waals surface area contributed by atoms with Gasteiger partial charge in [-0.15, -0.1) is 11.3 Å². The summed E-state index contributed by atoms with van der Waals surface area (Å²) in [6.07, 6.45) is 0.0161. The second kappa shape index (κ2) is 9.24. The summed E-state index contributed by atoms with van der Waals surface area (Å²) in [6.45, 7) is 1.66. The van der Waals surface area contributed by atoms with Gasteiger partial charge < -0.3 is 10.6 Å². The predicted octanol–water partition coefficient (Wildman–Crippen LogP) is 4.51. The highest BCUT2D eigenvalue weighted by atomic mass is 79.9. The van der Waals surface area contributed by atoms with E-state index in [0.717, 1.165) is 17.5 Å². The lowest BCUT2D eigenvalue weighted by molar-refractivity contribution is -0.137. The number of thiazole rings is 1. The van der Waals surface area contributed by atoms with Crippen LogP contribution in [0.1, 0.15) is 43.7 Å². The Morgan fingerprint density at radius 1 is 1.16 bits per heavy atom. The van der Waals surface area contributed by atoms with E-state index in [0.29, 0.717) is 15.5 Å². The van der Waals surface area contributed by atoms with Gasteiger partial charge in [-0.25, -0.2) is 19.9 Å². The molecule has 31 heavy (non-hydrogen) atoms. The minimum Gasteiger partial charge on any atom is -0.342 e. The first kappa shape index (κ1) is 23.0. The minimum absolute atomic E-state index is 0.115. The lowest BCUT2D eigenvalue weighted by Crippen LogP contribution is -2.27. The molecule has 1 unspecified atom stereocenters. The number of carbonyl (C=O) groups is 2. The molecule has 0 aromatic carbocycles. The Labute approximate surface area is 190 Å². The highest BCUT2D eigenvalue weighted by Crippen LogP contribution is 2.35. The number of hydrogen-bond acceptors (Lipinski definition) is 7. The third kappa shape index (κ3) is 5.54. The van der Waals surface area contributed by atoms with Crippen LogP contribution in [0, 0.1) is 0 Å². The first-order chi connectivity index (χ1) is 14.6. The average Bonchev–Trinajstić information content (AvgIpc) is 3.19. The number of nitrogens with one attached hydrogen (secondary N) is 2. The first-order valence-corrected chi connectivity index (χ1v) is 10.3. The van der Waals surface area contributed by atoms with Crippen LogP contribution in [0.4, 0.5) is 19.0 Å². The summed E-state index contributed by atoms with van der Waals surface area (Å²) in [5.74, 6) is -1.50. The molecule has 0 bridgehead atoms. The fraction of sp³-hybridized carbons (Fsp3) is 0.176. The van der Waals surface area contributed by atoms with Crippen LogP contribution in [0.5, 0.6) is 0 Å². The van der Waals surface area contributed by atoms with Crippen LogP contribution < -0.4 is 10.6 Å². The number of alkyl halides is 3. The molecular formula is C17H11BrClF3N6O2S. The van der Waals surface area contributed by atoms with Crippen LogP contribution >= 0.6 is 38.9 Å². The normalized spacial score (nSPS) is 12.3. The third-order valence-electron chi connectivity index (χ3n) is 3.75. The smallest absolute Gasteiger partial charge is 0.342 e. The molecule has 0 fully saturated rings. The van der Waals surface area contributed by atoms with Gasteiger partial charge in [0.05, 0.1) is 27.3 Å². The van der Waals surface area contributed by atoms with E-state index in [4.69, 9.17) is 11.6 Å². The van der Waals surface area contributed by atoms with E-state index in [2.05, 4.69) is 46.5 Å². The van der Waals surface area contributed by atoms with Gasteiger partial charge in [0.2, 0.25) is 0 Å². The highest BCUT2D eigenvalue weighted by Gasteiger charge is 2.34. The van der Waals surface area contributed by atoms with Crippen LogP contribution in [0.15, 0.2) is 35.5 Å². The molecule has 0 aliphatic rings. The van der Waals surface area contributed by atoms with Crippen molar-refractivity contribution < 1.29 is 22.8 Å². The molecule has 3 rings (SSSR count). The fourth-order valence-corrected chi connectivity index (χ4v) is 3.73. The zero-order chi connectivity index (χ0) is 22.8. The van der Waals surface area contributed by atoms with E-state index in [1.807, 2.05) is 0 Å². The Morgan fingerprint density at radius 3 is 2.58 bits per heavy atom. The zero-order valence-electron chi connectivity index (χ0n) is 15.4. The van der Waals surface area contributed by atoms with E-state index < -0.39 is 34.6 Å². The molecule has 2 amide bonds. The van der Waals surface area contributed by atoms with Gasteiger partial charge in [-0.2, -0.15) is 13.2 Å². The lowest BCUT2D eigenvalue weighted by Gasteiger charge is -2.11. The van der Waals surface area contributed by atoms with Gasteiger partial charge in [0.15, 0.2) is 0 Å². The zero-order valence-corrected chi connectivity index (χ0v) is 18.5. The number of rotatable bonds is 5. The SMILES string of the molecule is CC(NC(=O)c1ncncc1Br)c1ncc(C(=O)Nc2cc(C(F)(F)F)c(Cl)cn2)s1. The summed E-state index contributed by atoms with van der Waals surface area (Å²) in [4.78, 5) is 40.3. The van der Waals surface area contributed by atoms with Gasteiger partial charge in [-0.05, 0) is 28.9 Å². The Kier molecular flexibility index (Phi) is 6.86. The molecule has 1 atom stereocenters. The third-order valence-corrected chi connectivity index (χ3v) is 5.81. The van der Waals surface area contributed by atoms with Crippen LogP contribution in [-0.2, 0) is 6.18 Å². The molecule has 14 heteroatoms. The molecule has 3 aromatic heterocycles. The van der Waals surface area contributed by atoms with E-state index in [1.54, 1.807) is 6.92 Å². The van der Waals surface area contributed by atoms with Crippen LogP contribution in [0.3, 0.4) is 0 Å². The molecule has 0 radical (unpaired) electrons. The second-order valence-corrected chi connectivity index (χ2v) is 8.30. The van der Waals surface area contributed by atoms with E-state index in [-0.39, 0.29) is 16.4 Å². The molecule has 162 valence electrons. The lowest BCUT2D eigenvalue weighted by atomic mass is 10.2. The maximum absolute atomic E-state index is 13.0. The molecule has 0 spiro atoms. The van der Waals surface area contributed by atoms with Crippen LogP contribution in [0.2, 0.25) is 5.02 Å². The number of anilines is 1. The van der Waals surface area contributed by atoms with Crippen molar-refractivity contribution in [3.05, 3.63) is 61.6 Å². The quantitative estimate of drug-likeness (QED) is 0.498. The van der Waals surface area contributed by atoms with Crippen molar-refractivity contribution >= 4 is 56.5 Å². The minimum atomic E-state index is -4.69. The number of halogens is 5. The summed E-state index contributed by atoms with van der Waals surface area (Å²) in [6, 6.07) is 0.0799. The fourth-order valence-electron chi connectivity index (χ4n) is 2.30. The highest BCUT2D eigenvalue weighted by molar-refractivity contribution is 9.10. The van der Waals surface area contributed by atoms with Crippen molar-refractivity contribution in [2.75, 3.05) is 5.32 Å². The van der Waals surface area contributed by atoms with Gasteiger partial charge in [-0.3, -0.25) is 9.59 Å². The molecule has 0 aliphatic heterocycles. The maximum Gasteiger partial charge on any atom is 0.418 e. The monoisotopic (exact) mass is 534 g/mol. The summed E-state index contributed by atoms with van der Waals surface area (Å²) in [5, 5.41) is 4.79. The number of hydrogen-bond donors (Lipinski definition) is 2. The summed E-state index contributed by atoms with van der Waals surface area (Å²) >= 11 is 9.67. The predicted molar refractivity (Wildman–Crippen MR) is 110 cm³/mol. The molecular weight excluding hydrogens is 525 g/mol. The number of nitrogens with zero attached hydrogens (tertiary/aromatic N) is 4. The Balaban J connectivity index is 1.70. The molecule has 2 N–H and O–H groups in total. The average molecular weight is 536 g/mol. The molecule has 0 saturated carbocycles.